The maximum atomic E-state index is 10.3. The van der Waals surface area contributed by atoms with E-state index in [1.165, 1.54) is 6.42 Å². The second-order valence-corrected chi connectivity index (χ2v) is 5.40. The zero-order chi connectivity index (χ0) is 12.6. The van der Waals surface area contributed by atoms with Crippen molar-refractivity contribution in [2.45, 2.75) is 43.9 Å². The summed E-state index contributed by atoms with van der Waals surface area (Å²) in [5, 5.41) is 10.3. The molecule has 1 saturated heterocycles. The lowest BCUT2D eigenvalue weighted by molar-refractivity contribution is 0.0477. The molecule has 1 aliphatic heterocycles. The molecule has 18 heavy (non-hydrogen) atoms. The van der Waals surface area contributed by atoms with Gasteiger partial charge in [-0.15, -0.1) is 0 Å². The molecule has 2 fully saturated rings. The van der Waals surface area contributed by atoms with Gasteiger partial charge < -0.3 is 9.84 Å². The second kappa shape index (κ2) is 4.52. The summed E-state index contributed by atoms with van der Waals surface area (Å²) < 4.78 is 5.29. The topological polar surface area (TPSA) is 45.6 Å². The van der Waals surface area contributed by atoms with E-state index in [-0.39, 0.29) is 0 Å². The number of methoxy groups -OCH3 is 1. The highest BCUT2D eigenvalue weighted by molar-refractivity contribution is 5.25. The number of nitrogens with zero attached hydrogens (tertiary/aromatic N) is 2. The Morgan fingerprint density at radius 1 is 1.56 bits per heavy atom. The number of likely N-dealkylation sites (tertiary alicyclic amines) is 1. The molecule has 4 heteroatoms. The predicted molar refractivity (Wildman–Crippen MR) is 68.4 cm³/mol. The molecule has 3 rings (SSSR count). The summed E-state index contributed by atoms with van der Waals surface area (Å²) >= 11 is 0. The van der Waals surface area contributed by atoms with Crippen molar-refractivity contribution in [2.75, 3.05) is 13.7 Å². The number of aliphatic hydroxyl groups is 1. The molecule has 0 aromatic carbocycles. The van der Waals surface area contributed by atoms with Crippen LogP contribution in [-0.4, -0.2) is 40.3 Å². The SMILES string of the molecule is COc1ncccc1CN1CCCC1C1(O)CC1. The zero-order valence-corrected chi connectivity index (χ0v) is 10.8. The predicted octanol–water partition coefficient (Wildman–Crippen LogP) is 1.58. The summed E-state index contributed by atoms with van der Waals surface area (Å²) in [5.74, 6) is 0.700. The van der Waals surface area contributed by atoms with E-state index < -0.39 is 5.60 Å². The van der Waals surface area contributed by atoms with E-state index in [1.807, 2.05) is 6.07 Å². The summed E-state index contributed by atoms with van der Waals surface area (Å²) in [5.41, 5.74) is 0.697. The highest BCUT2D eigenvalue weighted by atomic mass is 16.5. The summed E-state index contributed by atoms with van der Waals surface area (Å²) in [6.45, 7) is 1.88. The van der Waals surface area contributed by atoms with E-state index in [0.29, 0.717) is 11.9 Å². The number of aromatic nitrogens is 1. The lowest BCUT2D eigenvalue weighted by Crippen LogP contribution is -2.40. The fourth-order valence-corrected chi connectivity index (χ4v) is 3.03. The Kier molecular flexibility index (Phi) is 2.99. The Hall–Kier alpha value is -1.13. The van der Waals surface area contributed by atoms with Crippen LogP contribution in [-0.2, 0) is 6.54 Å². The summed E-state index contributed by atoms with van der Waals surface area (Å²) in [7, 11) is 1.65. The molecule has 1 saturated carbocycles. The van der Waals surface area contributed by atoms with Crippen molar-refractivity contribution in [3.05, 3.63) is 23.9 Å². The third-order valence-corrected chi connectivity index (χ3v) is 4.16. The molecule has 2 aliphatic rings. The molecule has 98 valence electrons. The van der Waals surface area contributed by atoms with Crippen LogP contribution in [0.5, 0.6) is 5.88 Å². The molecule has 0 bridgehead atoms. The number of hydrogen-bond donors (Lipinski definition) is 1. The molecule has 1 unspecified atom stereocenters. The lowest BCUT2D eigenvalue weighted by Gasteiger charge is -2.28. The van der Waals surface area contributed by atoms with Crippen molar-refractivity contribution in [3.8, 4) is 5.88 Å². The van der Waals surface area contributed by atoms with Gasteiger partial charge in [-0.05, 0) is 38.3 Å². The molecular formula is C14H20N2O2. The van der Waals surface area contributed by atoms with Crippen molar-refractivity contribution in [2.24, 2.45) is 0 Å². The number of rotatable bonds is 4. The first-order valence-corrected chi connectivity index (χ1v) is 6.67. The number of ether oxygens (including phenoxy) is 1. The molecule has 1 aromatic heterocycles. The number of pyridine rings is 1. The molecule has 1 aliphatic carbocycles. The second-order valence-electron chi connectivity index (χ2n) is 5.40. The average molecular weight is 248 g/mol. The molecule has 0 spiro atoms. The largest absolute Gasteiger partial charge is 0.481 e. The molecule has 0 radical (unpaired) electrons. The van der Waals surface area contributed by atoms with Crippen LogP contribution in [0.2, 0.25) is 0 Å². The van der Waals surface area contributed by atoms with Gasteiger partial charge in [-0.1, -0.05) is 6.07 Å². The highest BCUT2D eigenvalue weighted by Gasteiger charge is 2.51. The third kappa shape index (κ3) is 2.10. The average Bonchev–Trinajstić information content (AvgIpc) is 2.96. The molecule has 1 N–H and O–H groups in total. The van der Waals surface area contributed by atoms with E-state index in [4.69, 9.17) is 4.74 Å². The third-order valence-electron chi connectivity index (χ3n) is 4.16. The Bertz CT molecular complexity index is 432. The van der Waals surface area contributed by atoms with Gasteiger partial charge in [-0.25, -0.2) is 4.98 Å². The first kappa shape index (κ1) is 11.9. The minimum atomic E-state index is -0.411. The lowest BCUT2D eigenvalue weighted by atomic mass is 10.1. The monoisotopic (exact) mass is 248 g/mol. The van der Waals surface area contributed by atoms with Crippen LogP contribution in [0.25, 0.3) is 0 Å². The van der Waals surface area contributed by atoms with Gasteiger partial charge in [0, 0.05) is 24.3 Å². The quantitative estimate of drug-likeness (QED) is 0.878. The Morgan fingerprint density at radius 3 is 3.11 bits per heavy atom. The first-order chi connectivity index (χ1) is 8.73. The minimum absolute atomic E-state index is 0.322. The standard InChI is InChI=1S/C14H20N2O2/c1-18-13-11(4-2-8-15-13)10-16-9-3-5-12(16)14(17)6-7-14/h2,4,8,12,17H,3,5-7,9-10H2,1H3. The van der Waals surface area contributed by atoms with Crippen molar-refractivity contribution in [1.82, 2.24) is 9.88 Å². The van der Waals surface area contributed by atoms with Crippen molar-refractivity contribution in [3.63, 3.8) is 0 Å². The number of hydrogen-bond acceptors (Lipinski definition) is 4. The molecule has 1 aromatic rings. The Balaban J connectivity index is 1.75. The fraction of sp³-hybridized carbons (Fsp3) is 0.643. The highest BCUT2D eigenvalue weighted by Crippen LogP contribution is 2.45. The Morgan fingerprint density at radius 2 is 2.39 bits per heavy atom. The van der Waals surface area contributed by atoms with E-state index in [9.17, 15) is 5.11 Å². The van der Waals surface area contributed by atoms with Crippen molar-refractivity contribution >= 4 is 0 Å². The van der Waals surface area contributed by atoms with Gasteiger partial charge in [-0.3, -0.25) is 4.90 Å². The summed E-state index contributed by atoms with van der Waals surface area (Å²) in [6, 6.07) is 4.31. The smallest absolute Gasteiger partial charge is 0.217 e. The van der Waals surface area contributed by atoms with Gasteiger partial charge in [0.05, 0.1) is 12.7 Å². The van der Waals surface area contributed by atoms with Crippen LogP contribution >= 0.6 is 0 Å². The van der Waals surface area contributed by atoms with E-state index in [2.05, 4.69) is 16.0 Å². The van der Waals surface area contributed by atoms with Crippen LogP contribution in [0, 0.1) is 0 Å². The van der Waals surface area contributed by atoms with E-state index in [1.54, 1.807) is 13.3 Å². The van der Waals surface area contributed by atoms with E-state index in [0.717, 1.165) is 37.9 Å². The normalized spacial score (nSPS) is 26.2. The molecule has 1 atom stereocenters. The van der Waals surface area contributed by atoms with Gasteiger partial charge in [0.15, 0.2) is 0 Å². The molecule has 0 amide bonds. The summed E-state index contributed by atoms with van der Waals surface area (Å²) in [4.78, 5) is 6.61. The summed E-state index contributed by atoms with van der Waals surface area (Å²) in [6.07, 6.45) is 5.95. The van der Waals surface area contributed by atoms with Gasteiger partial charge in [0.2, 0.25) is 5.88 Å². The Labute approximate surface area is 108 Å². The van der Waals surface area contributed by atoms with Crippen LogP contribution in [0.1, 0.15) is 31.2 Å². The van der Waals surface area contributed by atoms with Gasteiger partial charge in [0.25, 0.3) is 0 Å². The van der Waals surface area contributed by atoms with Crippen LogP contribution in [0.3, 0.4) is 0 Å². The molecular weight excluding hydrogens is 228 g/mol. The molecule has 2 heterocycles. The van der Waals surface area contributed by atoms with Gasteiger partial charge in [0.1, 0.15) is 0 Å². The van der Waals surface area contributed by atoms with Crippen molar-refractivity contribution in [1.29, 1.82) is 0 Å². The van der Waals surface area contributed by atoms with Gasteiger partial charge in [-0.2, -0.15) is 0 Å². The maximum absolute atomic E-state index is 10.3. The van der Waals surface area contributed by atoms with Crippen LogP contribution in [0.15, 0.2) is 18.3 Å². The zero-order valence-electron chi connectivity index (χ0n) is 10.8. The maximum Gasteiger partial charge on any atom is 0.217 e. The van der Waals surface area contributed by atoms with E-state index >= 15 is 0 Å². The molecule has 4 nitrogen and oxygen atoms in total. The minimum Gasteiger partial charge on any atom is -0.481 e. The van der Waals surface area contributed by atoms with Gasteiger partial charge >= 0.3 is 0 Å². The first-order valence-electron chi connectivity index (χ1n) is 6.67. The van der Waals surface area contributed by atoms with Crippen LogP contribution < -0.4 is 4.74 Å². The van der Waals surface area contributed by atoms with Crippen LogP contribution in [0.4, 0.5) is 0 Å². The van der Waals surface area contributed by atoms with Crippen molar-refractivity contribution < 1.29 is 9.84 Å². The fourth-order valence-electron chi connectivity index (χ4n) is 3.03.